The molecule has 1 heterocycles. The third-order valence-corrected chi connectivity index (χ3v) is 2.49. The van der Waals surface area contributed by atoms with E-state index >= 15 is 0 Å². The van der Waals surface area contributed by atoms with Gasteiger partial charge in [0.1, 0.15) is 0 Å². The smallest absolute Gasteiger partial charge is 0.272 e. The molecule has 13 heavy (non-hydrogen) atoms. The van der Waals surface area contributed by atoms with Gasteiger partial charge in [-0.25, -0.2) is 8.78 Å². The van der Waals surface area contributed by atoms with Gasteiger partial charge in [-0.2, -0.15) is 0 Å². The van der Waals surface area contributed by atoms with E-state index in [1.807, 2.05) is 4.90 Å². The zero-order valence-corrected chi connectivity index (χ0v) is 8.74. The molecule has 3 heteroatoms. The highest BCUT2D eigenvalue weighted by Gasteiger charge is 2.44. The van der Waals surface area contributed by atoms with Crippen LogP contribution in [0.25, 0.3) is 0 Å². The third kappa shape index (κ3) is 3.22. The van der Waals surface area contributed by atoms with E-state index in [0.29, 0.717) is 0 Å². The van der Waals surface area contributed by atoms with Crippen molar-refractivity contribution in [2.75, 3.05) is 19.6 Å². The largest absolute Gasteiger partial charge is 0.291 e. The standard InChI is InChI=1S/C10H19F2N/c1-4-5-9(2,3)6-13-7-10(11,12)8-13/h4-8H2,1-3H3. The second-order valence-electron chi connectivity index (χ2n) is 4.92. The molecular weight excluding hydrogens is 172 g/mol. The van der Waals surface area contributed by atoms with Gasteiger partial charge in [0.05, 0.1) is 13.1 Å². The number of nitrogens with zero attached hydrogens (tertiary/aromatic N) is 1. The summed E-state index contributed by atoms with van der Waals surface area (Å²) < 4.78 is 25.0. The van der Waals surface area contributed by atoms with Crippen LogP contribution < -0.4 is 0 Å². The minimum atomic E-state index is -2.41. The van der Waals surface area contributed by atoms with Crippen molar-refractivity contribution in [1.82, 2.24) is 4.90 Å². The highest BCUT2D eigenvalue weighted by atomic mass is 19.3. The van der Waals surface area contributed by atoms with Gasteiger partial charge in [-0.15, -0.1) is 0 Å². The van der Waals surface area contributed by atoms with Crippen molar-refractivity contribution in [2.45, 2.75) is 39.5 Å². The van der Waals surface area contributed by atoms with E-state index in [2.05, 4.69) is 20.8 Å². The summed E-state index contributed by atoms with van der Waals surface area (Å²) in [6, 6.07) is 0. The molecule has 0 unspecified atom stereocenters. The van der Waals surface area contributed by atoms with Crippen molar-refractivity contribution in [3.63, 3.8) is 0 Å². The number of likely N-dealkylation sites (tertiary alicyclic amines) is 1. The summed E-state index contributed by atoms with van der Waals surface area (Å²) in [5.74, 6) is -2.41. The Morgan fingerprint density at radius 3 is 2.23 bits per heavy atom. The highest BCUT2D eigenvalue weighted by Crippen LogP contribution is 2.31. The lowest BCUT2D eigenvalue weighted by molar-refractivity contribution is -0.139. The molecule has 1 aliphatic heterocycles. The van der Waals surface area contributed by atoms with Gasteiger partial charge in [-0.05, 0) is 11.8 Å². The predicted molar refractivity (Wildman–Crippen MR) is 50.1 cm³/mol. The van der Waals surface area contributed by atoms with Crippen LogP contribution in [0.1, 0.15) is 33.6 Å². The Labute approximate surface area is 79.1 Å². The highest BCUT2D eigenvalue weighted by molar-refractivity contribution is 4.89. The molecule has 78 valence electrons. The Hall–Kier alpha value is -0.180. The van der Waals surface area contributed by atoms with Crippen LogP contribution in [0.2, 0.25) is 0 Å². The maximum Gasteiger partial charge on any atom is 0.272 e. The van der Waals surface area contributed by atoms with Crippen molar-refractivity contribution in [3.8, 4) is 0 Å². The molecule has 1 rings (SSSR count). The lowest BCUT2D eigenvalue weighted by Gasteiger charge is -2.43. The fourth-order valence-corrected chi connectivity index (χ4v) is 2.08. The van der Waals surface area contributed by atoms with E-state index in [4.69, 9.17) is 0 Å². The first-order valence-electron chi connectivity index (χ1n) is 4.95. The van der Waals surface area contributed by atoms with Crippen LogP contribution in [-0.4, -0.2) is 30.5 Å². The molecule has 0 amide bonds. The first kappa shape index (κ1) is 10.9. The Morgan fingerprint density at radius 2 is 1.85 bits per heavy atom. The summed E-state index contributed by atoms with van der Waals surface area (Å²) in [6.45, 7) is 7.14. The molecule has 0 aromatic heterocycles. The van der Waals surface area contributed by atoms with Gasteiger partial charge in [0.25, 0.3) is 5.92 Å². The van der Waals surface area contributed by atoms with E-state index in [1.54, 1.807) is 0 Å². The average Bonchev–Trinajstić information content (AvgIpc) is 1.80. The number of hydrogen-bond acceptors (Lipinski definition) is 1. The van der Waals surface area contributed by atoms with Crippen LogP contribution in [0, 0.1) is 5.41 Å². The van der Waals surface area contributed by atoms with Crippen molar-refractivity contribution >= 4 is 0 Å². The maximum absolute atomic E-state index is 12.5. The normalized spacial score (nSPS) is 22.8. The summed E-state index contributed by atoms with van der Waals surface area (Å²) in [6.07, 6.45) is 2.23. The fraction of sp³-hybridized carbons (Fsp3) is 1.00. The molecule has 0 atom stereocenters. The topological polar surface area (TPSA) is 3.24 Å². The molecule has 1 saturated heterocycles. The van der Waals surface area contributed by atoms with E-state index < -0.39 is 5.92 Å². The number of hydrogen-bond donors (Lipinski definition) is 0. The molecule has 0 bridgehead atoms. The first-order chi connectivity index (χ1) is 5.85. The predicted octanol–water partition coefficient (Wildman–Crippen LogP) is 2.76. The molecule has 0 N–H and O–H groups in total. The summed E-state index contributed by atoms with van der Waals surface area (Å²) in [7, 11) is 0. The van der Waals surface area contributed by atoms with Gasteiger partial charge in [0, 0.05) is 6.54 Å². The second kappa shape index (κ2) is 3.52. The van der Waals surface area contributed by atoms with E-state index in [9.17, 15) is 8.78 Å². The second-order valence-corrected chi connectivity index (χ2v) is 4.92. The van der Waals surface area contributed by atoms with Gasteiger partial charge in [0.2, 0.25) is 0 Å². The van der Waals surface area contributed by atoms with Crippen LogP contribution >= 0.6 is 0 Å². The molecule has 1 fully saturated rings. The lowest BCUT2D eigenvalue weighted by Crippen LogP contribution is -2.58. The Morgan fingerprint density at radius 1 is 1.31 bits per heavy atom. The summed E-state index contributed by atoms with van der Waals surface area (Å²) in [4.78, 5) is 1.84. The quantitative estimate of drug-likeness (QED) is 0.660. The lowest BCUT2D eigenvalue weighted by atomic mass is 9.86. The molecule has 0 saturated carbocycles. The van der Waals surface area contributed by atoms with Gasteiger partial charge in [-0.1, -0.05) is 27.2 Å². The Kier molecular flexibility index (Phi) is 2.95. The van der Waals surface area contributed by atoms with Crippen molar-refractivity contribution < 1.29 is 8.78 Å². The third-order valence-electron chi connectivity index (χ3n) is 2.49. The number of halogens is 2. The molecule has 1 aliphatic rings. The van der Waals surface area contributed by atoms with E-state index in [1.165, 1.54) is 0 Å². The summed E-state index contributed by atoms with van der Waals surface area (Å²) in [5.41, 5.74) is 0.186. The molecular formula is C10H19F2N. The zero-order chi connectivity index (χ0) is 10.1. The van der Waals surface area contributed by atoms with Gasteiger partial charge in [0.15, 0.2) is 0 Å². The average molecular weight is 191 g/mol. The van der Waals surface area contributed by atoms with E-state index in [0.717, 1.165) is 19.4 Å². The van der Waals surface area contributed by atoms with Gasteiger partial charge in [-0.3, -0.25) is 4.90 Å². The summed E-state index contributed by atoms with van der Waals surface area (Å²) in [5, 5.41) is 0. The molecule has 0 aliphatic carbocycles. The van der Waals surface area contributed by atoms with Crippen LogP contribution in [0.3, 0.4) is 0 Å². The molecule has 1 nitrogen and oxygen atoms in total. The molecule has 0 spiro atoms. The SMILES string of the molecule is CCCC(C)(C)CN1CC(F)(F)C1. The van der Waals surface area contributed by atoms with Gasteiger partial charge >= 0.3 is 0 Å². The van der Waals surface area contributed by atoms with Crippen molar-refractivity contribution in [1.29, 1.82) is 0 Å². The molecule has 0 aromatic rings. The molecule has 0 aromatic carbocycles. The molecule has 0 radical (unpaired) electrons. The number of rotatable bonds is 4. The number of alkyl halides is 2. The summed E-state index contributed by atoms with van der Waals surface area (Å²) >= 11 is 0. The minimum Gasteiger partial charge on any atom is -0.291 e. The Bertz CT molecular complexity index is 170. The van der Waals surface area contributed by atoms with Crippen molar-refractivity contribution in [3.05, 3.63) is 0 Å². The van der Waals surface area contributed by atoms with Crippen LogP contribution in [-0.2, 0) is 0 Å². The van der Waals surface area contributed by atoms with Crippen LogP contribution in [0.5, 0.6) is 0 Å². The van der Waals surface area contributed by atoms with Crippen LogP contribution in [0.4, 0.5) is 8.78 Å². The Balaban J connectivity index is 2.26. The van der Waals surface area contributed by atoms with Crippen molar-refractivity contribution in [2.24, 2.45) is 5.41 Å². The van der Waals surface area contributed by atoms with E-state index in [-0.39, 0.29) is 18.5 Å². The minimum absolute atomic E-state index is 0.0415. The van der Waals surface area contributed by atoms with Crippen LogP contribution in [0.15, 0.2) is 0 Å². The van der Waals surface area contributed by atoms with Gasteiger partial charge < -0.3 is 0 Å². The zero-order valence-electron chi connectivity index (χ0n) is 8.74. The maximum atomic E-state index is 12.5. The first-order valence-corrected chi connectivity index (χ1v) is 4.95. The monoisotopic (exact) mass is 191 g/mol. The fourth-order valence-electron chi connectivity index (χ4n) is 2.08.